The molecule has 2 saturated heterocycles. The number of thiazole rings is 1. The van der Waals surface area contributed by atoms with Crippen LogP contribution in [0.2, 0.25) is 0 Å². The van der Waals surface area contributed by atoms with E-state index in [9.17, 15) is 4.79 Å². The molecule has 1 atom stereocenters. The predicted octanol–water partition coefficient (Wildman–Crippen LogP) is 4.00. The zero-order chi connectivity index (χ0) is 15.7. The maximum absolute atomic E-state index is 12.6. The molecule has 0 aromatic carbocycles. The van der Waals surface area contributed by atoms with Gasteiger partial charge in [-0.1, -0.05) is 6.92 Å². The summed E-state index contributed by atoms with van der Waals surface area (Å²) in [6.07, 6.45) is 4.87. The van der Waals surface area contributed by atoms with Crippen LogP contribution in [-0.2, 0) is 0 Å². The van der Waals surface area contributed by atoms with Gasteiger partial charge in [-0.3, -0.25) is 9.69 Å². The van der Waals surface area contributed by atoms with Crippen LogP contribution in [0.1, 0.15) is 42.3 Å². The standard InChI is InChI=1S/C15H21Br2N3OS/c1-10-3-2-6-20(9-10)11-4-7-19(8-5-11)14(21)12-13(16)18-15(17)22-12/h10-11H,2-9H2,1H3/t10-/m1/s1. The molecule has 122 valence electrons. The Morgan fingerprint density at radius 1 is 1.23 bits per heavy atom. The quantitative estimate of drug-likeness (QED) is 0.682. The number of aromatic nitrogens is 1. The van der Waals surface area contributed by atoms with Crippen molar-refractivity contribution in [2.75, 3.05) is 26.2 Å². The summed E-state index contributed by atoms with van der Waals surface area (Å²) >= 11 is 8.12. The van der Waals surface area contributed by atoms with Crippen LogP contribution in [0, 0.1) is 5.92 Å². The Kier molecular flexibility index (Phi) is 5.58. The molecule has 4 nitrogen and oxygen atoms in total. The molecule has 0 spiro atoms. The molecule has 0 unspecified atom stereocenters. The van der Waals surface area contributed by atoms with Crippen LogP contribution in [-0.4, -0.2) is 52.9 Å². The van der Waals surface area contributed by atoms with E-state index in [2.05, 4.69) is 48.7 Å². The van der Waals surface area contributed by atoms with Gasteiger partial charge in [-0.2, -0.15) is 0 Å². The Morgan fingerprint density at radius 2 is 1.95 bits per heavy atom. The Hall–Kier alpha value is 0.0200. The summed E-state index contributed by atoms with van der Waals surface area (Å²) in [7, 11) is 0. The molecule has 2 aliphatic heterocycles. The van der Waals surface area contributed by atoms with Gasteiger partial charge in [-0.15, -0.1) is 11.3 Å². The smallest absolute Gasteiger partial charge is 0.266 e. The lowest BCUT2D eigenvalue weighted by atomic mass is 9.95. The molecule has 7 heteroatoms. The Morgan fingerprint density at radius 3 is 2.55 bits per heavy atom. The highest BCUT2D eigenvalue weighted by Crippen LogP contribution is 2.30. The van der Waals surface area contributed by atoms with Gasteiger partial charge < -0.3 is 4.90 Å². The van der Waals surface area contributed by atoms with Crippen molar-refractivity contribution in [2.45, 2.75) is 38.6 Å². The Labute approximate surface area is 152 Å². The second-order valence-electron chi connectivity index (χ2n) is 6.35. The third-order valence-electron chi connectivity index (χ3n) is 4.71. The molecule has 3 heterocycles. The van der Waals surface area contributed by atoms with Gasteiger partial charge in [0.25, 0.3) is 5.91 Å². The summed E-state index contributed by atoms with van der Waals surface area (Å²) in [6.45, 7) is 6.53. The number of halogens is 2. The van der Waals surface area contributed by atoms with Gasteiger partial charge >= 0.3 is 0 Å². The molecule has 0 saturated carbocycles. The lowest BCUT2D eigenvalue weighted by Crippen LogP contribution is -2.49. The Balaban J connectivity index is 1.57. The second-order valence-corrected chi connectivity index (χ2v) is 9.38. The van der Waals surface area contributed by atoms with Crippen molar-refractivity contribution < 1.29 is 4.79 Å². The van der Waals surface area contributed by atoms with Crippen molar-refractivity contribution >= 4 is 49.1 Å². The SMILES string of the molecule is C[C@@H]1CCCN(C2CCN(C(=O)c3sc(Br)nc3Br)CC2)C1. The highest BCUT2D eigenvalue weighted by Gasteiger charge is 2.30. The molecule has 2 aliphatic rings. The van der Waals surface area contributed by atoms with Gasteiger partial charge in [0.05, 0.1) is 0 Å². The van der Waals surface area contributed by atoms with Gasteiger partial charge in [0.2, 0.25) is 0 Å². The largest absolute Gasteiger partial charge is 0.338 e. The molecule has 2 fully saturated rings. The van der Waals surface area contributed by atoms with E-state index in [0.29, 0.717) is 15.5 Å². The molecular weight excluding hydrogens is 430 g/mol. The minimum atomic E-state index is 0.112. The van der Waals surface area contributed by atoms with Crippen molar-refractivity contribution in [1.82, 2.24) is 14.8 Å². The summed E-state index contributed by atoms with van der Waals surface area (Å²) in [5.41, 5.74) is 0. The molecule has 1 aromatic rings. The molecular formula is C15H21Br2N3OS. The molecule has 0 aliphatic carbocycles. The predicted molar refractivity (Wildman–Crippen MR) is 96.4 cm³/mol. The van der Waals surface area contributed by atoms with E-state index in [1.807, 2.05) is 4.90 Å². The first-order valence-electron chi connectivity index (χ1n) is 7.89. The zero-order valence-electron chi connectivity index (χ0n) is 12.7. The molecule has 0 radical (unpaired) electrons. The highest BCUT2D eigenvalue weighted by molar-refractivity contribution is 9.11. The highest BCUT2D eigenvalue weighted by atomic mass is 79.9. The van der Waals surface area contributed by atoms with Crippen LogP contribution < -0.4 is 0 Å². The number of hydrogen-bond donors (Lipinski definition) is 0. The lowest BCUT2D eigenvalue weighted by Gasteiger charge is -2.41. The average Bonchev–Trinajstić information content (AvgIpc) is 2.85. The van der Waals surface area contributed by atoms with E-state index in [-0.39, 0.29) is 5.91 Å². The number of carbonyl (C=O) groups is 1. The number of carbonyl (C=O) groups excluding carboxylic acids is 1. The second kappa shape index (κ2) is 7.28. The summed E-state index contributed by atoms with van der Waals surface area (Å²) in [5, 5.41) is 0. The van der Waals surface area contributed by atoms with E-state index in [4.69, 9.17) is 0 Å². The number of piperidine rings is 2. The minimum Gasteiger partial charge on any atom is -0.338 e. The van der Waals surface area contributed by atoms with Gasteiger partial charge in [0, 0.05) is 25.7 Å². The lowest BCUT2D eigenvalue weighted by molar-refractivity contribution is 0.0545. The maximum atomic E-state index is 12.6. The summed E-state index contributed by atoms with van der Waals surface area (Å²) in [5.74, 6) is 0.930. The van der Waals surface area contributed by atoms with Gasteiger partial charge in [0.1, 0.15) is 9.48 Å². The van der Waals surface area contributed by atoms with Crippen molar-refractivity contribution in [1.29, 1.82) is 0 Å². The van der Waals surface area contributed by atoms with E-state index >= 15 is 0 Å². The van der Waals surface area contributed by atoms with E-state index < -0.39 is 0 Å². The maximum Gasteiger partial charge on any atom is 0.266 e. The first kappa shape index (κ1) is 16.9. The fraction of sp³-hybridized carbons (Fsp3) is 0.733. The van der Waals surface area contributed by atoms with Crippen LogP contribution in [0.15, 0.2) is 8.52 Å². The van der Waals surface area contributed by atoms with Crippen molar-refractivity contribution in [3.63, 3.8) is 0 Å². The molecule has 0 bridgehead atoms. The van der Waals surface area contributed by atoms with Gasteiger partial charge in [-0.25, -0.2) is 4.98 Å². The van der Waals surface area contributed by atoms with Crippen LogP contribution in [0.25, 0.3) is 0 Å². The number of rotatable bonds is 2. The van der Waals surface area contributed by atoms with E-state index in [0.717, 1.165) is 35.8 Å². The first-order chi connectivity index (χ1) is 10.5. The van der Waals surface area contributed by atoms with Gasteiger partial charge in [-0.05, 0) is 70.0 Å². The van der Waals surface area contributed by atoms with Crippen molar-refractivity contribution in [3.05, 3.63) is 13.4 Å². The molecule has 3 rings (SSSR count). The van der Waals surface area contributed by atoms with Crippen LogP contribution >= 0.6 is 43.2 Å². The summed E-state index contributed by atoms with van der Waals surface area (Å²) in [6, 6.07) is 0.656. The van der Waals surface area contributed by atoms with Crippen LogP contribution in [0.3, 0.4) is 0 Å². The number of hydrogen-bond acceptors (Lipinski definition) is 4. The summed E-state index contributed by atoms with van der Waals surface area (Å²) < 4.78 is 1.40. The topological polar surface area (TPSA) is 36.4 Å². The molecule has 1 amide bonds. The molecule has 22 heavy (non-hydrogen) atoms. The molecule has 0 N–H and O–H groups in total. The third-order valence-corrected chi connectivity index (χ3v) is 7.04. The summed E-state index contributed by atoms with van der Waals surface area (Å²) in [4.78, 5) is 22.2. The number of likely N-dealkylation sites (tertiary alicyclic amines) is 2. The Bertz CT molecular complexity index is 543. The fourth-order valence-corrected chi connectivity index (χ4v) is 5.80. The molecule has 1 aromatic heterocycles. The number of amides is 1. The van der Waals surface area contributed by atoms with Crippen molar-refractivity contribution in [2.24, 2.45) is 5.92 Å². The average molecular weight is 451 g/mol. The monoisotopic (exact) mass is 449 g/mol. The van der Waals surface area contributed by atoms with E-state index in [1.54, 1.807) is 0 Å². The zero-order valence-corrected chi connectivity index (χ0v) is 16.7. The van der Waals surface area contributed by atoms with E-state index in [1.165, 1.54) is 37.3 Å². The normalized spacial score (nSPS) is 24.7. The van der Waals surface area contributed by atoms with Crippen molar-refractivity contribution in [3.8, 4) is 0 Å². The number of nitrogens with zero attached hydrogens (tertiary/aromatic N) is 3. The van der Waals surface area contributed by atoms with Crippen LogP contribution in [0.5, 0.6) is 0 Å². The van der Waals surface area contributed by atoms with Crippen LogP contribution in [0.4, 0.5) is 0 Å². The van der Waals surface area contributed by atoms with Gasteiger partial charge in [0.15, 0.2) is 3.92 Å². The fourth-order valence-electron chi connectivity index (χ4n) is 3.54. The third kappa shape index (κ3) is 3.74. The minimum absolute atomic E-state index is 0.112. The first-order valence-corrected chi connectivity index (χ1v) is 10.3.